The van der Waals surface area contributed by atoms with Gasteiger partial charge in [0.25, 0.3) is 0 Å². The standard InChI is InChI=1S/C14H15FN2O2.ClH/c1-9(18)17-7-5-14(6-8-17)10-3-2-4-11(15)12(10)16-13(14)19;/h2-4H,5-8H2,1H3,(H,16,19);1H. The fraction of sp³-hybridized carbons (Fsp3) is 0.429. The molecule has 3 rings (SSSR count). The van der Waals surface area contributed by atoms with E-state index in [1.54, 1.807) is 17.0 Å². The third-order valence-electron chi connectivity index (χ3n) is 4.26. The maximum atomic E-state index is 13.7. The number of rotatable bonds is 0. The Balaban J connectivity index is 0.00000147. The monoisotopic (exact) mass is 298 g/mol. The molecule has 0 atom stereocenters. The number of piperidine rings is 1. The minimum absolute atomic E-state index is 0. The van der Waals surface area contributed by atoms with E-state index in [4.69, 9.17) is 0 Å². The maximum absolute atomic E-state index is 13.7. The van der Waals surface area contributed by atoms with Crippen molar-refractivity contribution in [3.05, 3.63) is 29.6 Å². The van der Waals surface area contributed by atoms with Gasteiger partial charge in [0.1, 0.15) is 5.82 Å². The summed E-state index contributed by atoms with van der Waals surface area (Å²) < 4.78 is 13.7. The van der Waals surface area contributed by atoms with Crippen molar-refractivity contribution in [2.45, 2.75) is 25.2 Å². The highest BCUT2D eigenvalue weighted by Crippen LogP contribution is 2.45. The second kappa shape index (κ2) is 5.05. The quantitative estimate of drug-likeness (QED) is 0.797. The summed E-state index contributed by atoms with van der Waals surface area (Å²) in [5.41, 5.74) is 0.383. The zero-order chi connectivity index (χ0) is 13.6. The van der Waals surface area contributed by atoms with Crippen molar-refractivity contribution >= 4 is 29.9 Å². The van der Waals surface area contributed by atoms with E-state index in [1.807, 2.05) is 0 Å². The van der Waals surface area contributed by atoms with Crippen LogP contribution in [0.2, 0.25) is 0 Å². The highest BCUT2D eigenvalue weighted by molar-refractivity contribution is 6.06. The van der Waals surface area contributed by atoms with Gasteiger partial charge in [-0.2, -0.15) is 0 Å². The average Bonchev–Trinajstić information content (AvgIpc) is 2.66. The Kier molecular flexibility index (Phi) is 3.73. The zero-order valence-electron chi connectivity index (χ0n) is 11.1. The summed E-state index contributed by atoms with van der Waals surface area (Å²) in [5.74, 6) is -0.514. The Morgan fingerprint density at radius 3 is 2.60 bits per heavy atom. The molecule has 1 spiro atoms. The second-order valence-electron chi connectivity index (χ2n) is 5.20. The van der Waals surface area contributed by atoms with Gasteiger partial charge in [0, 0.05) is 20.0 Å². The van der Waals surface area contributed by atoms with Gasteiger partial charge in [0.15, 0.2) is 0 Å². The van der Waals surface area contributed by atoms with E-state index in [1.165, 1.54) is 13.0 Å². The number of halogens is 2. The molecular weight excluding hydrogens is 283 g/mol. The molecule has 0 aromatic heterocycles. The highest BCUT2D eigenvalue weighted by atomic mass is 35.5. The largest absolute Gasteiger partial charge is 0.343 e. The second-order valence-corrected chi connectivity index (χ2v) is 5.20. The number of nitrogens with zero attached hydrogens (tertiary/aromatic N) is 1. The third-order valence-corrected chi connectivity index (χ3v) is 4.26. The van der Waals surface area contributed by atoms with E-state index in [0.29, 0.717) is 31.6 Å². The lowest BCUT2D eigenvalue weighted by Gasteiger charge is -2.37. The topological polar surface area (TPSA) is 49.4 Å². The summed E-state index contributed by atoms with van der Waals surface area (Å²) in [6, 6.07) is 4.79. The Morgan fingerprint density at radius 2 is 2.00 bits per heavy atom. The Hall–Kier alpha value is -1.62. The first kappa shape index (κ1) is 14.8. The number of amides is 2. The molecule has 0 aliphatic carbocycles. The van der Waals surface area contributed by atoms with Gasteiger partial charge >= 0.3 is 0 Å². The number of fused-ring (bicyclic) bond motifs is 2. The van der Waals surface area contributed by atoms with Crippen LogP contribution in [0.25, 0.3) is 0 Å². The van der Waals surface area contributed by atoms with Gasteiger partial charge in [-0.15, -0.1) is 12.4 Å². The molecule has 2 aliphatic rings. The fourth-order valence-electron chi connectivity index (χ4n) is 3.11. The molecule has 0 radical (unpaired) electrons. The SMILES string of the molecule is CC(=O)N1CCC2(CC1)C(=O)Nc1c(F)cccc12.Cl. The van der Waals surface area contributed by atoms with Crippen molar-refractivity contribution in [3.8, 4) is 0 Å². The van der Waals surface area contributed by atoms with E-state index in [2.05, 4.69) is 5.32 Å². The van der Waals surface area contributed by atoms with Crippen molar-refractivity contribution in [1.29, 1.82) is 0 Å². The number of hydrogen-bond acceptors (Lipinski definition) is 2. The van der Waals surface area contributed by atoms with E-state index in [-0.39, 0.29) is 24.2 Å². The number of carbonyl (C=O) groups is 2. The van der Waals surface area contributed by atoms with Crippen molar-refractivity contribution in [1.82, 2.24) is 4.90 Å². The van der Waals surface area contributed by atoms with E-state index >= 15 is 0 Å². The van der Waals surface area contributed by atoms with Crippen LogP contribution in [0.1, 0.15) is 25.3 Å². The van der Waals surface area contributed by atoms with Gasteiger partial charge in [-0.25, -0.2) is 4.39 Å². The summed E-state index contributed by atoms with van der Waals surface area (Å²) >= 11 is 0. The number of para-hydroxylation sites is 1. The minimum Gasteiger partial charge on any atom is -0.343 e. The van der Waals surface area contributed by atoms with Crippen LogP contribution in [-0.2, 0) is 15.0 Å². The molecule has 1 fully saturated rings. The Labute approximate surface area is 122 Å². The number of benzene rings is 1. The normalized spacial score (nSPS) is 19.3. The first-order valence-corrected chi connectivity index (χ1v) is 6.40. The molecule has 0 bridgehead atoms. The minimum atomic E-state index is -0.663. The van der Waals surface area contributed by atoms with Gasteiger partial charge in [-0.1, -0.05) is 12.1 Å². The van der Waals surface area contributed by atoms with Crippen LogP contribution in [0.5, 0.6) is 0 Å². The molecular formula is C14H16ClFN2O2. The first-order chi connectivity index (χ1) is 9.04. The van der Waals surface area contributed by atoms with Crippen LogP contribution in [0, 0.1) is 5.82 Å². The Morgan fingerprint density at radius 1 is 1.35 bits per heavy atom. The summed E-state index contributed by atoms with van der Waals surface area (Å²) in [5, 5.41) is 2.65. The molecule has 1 aromatic rings. The van der Waals surface area contributed by atoms with E-state index in [9.17, 15) is 14.0 Å². The van der Waals surface area contributed by atoms with Crippen LogP contribution < -0.4 is 5.32 Å². The lowest BCUT2D eigenvalue weighted by molar-refractivity contribution is -0.133. The van der Waals surface area contributed by atoms with Crippen LogP contribution >= 0.6 is 12.4 Å². The van der Waals surface area contributed by atoms with Crippen molar-refractivity contribution < 1.29 is 14.0 Å². The maximum Gasteiger partial charge on any atom is 0.235 e. The van der Waals surface area contributed by atoms with Gasteiger partial charge in [0.05, 0.1) is 11.1 Å². The number of carbonyl (C=O) groups excluding carboxylic acids is 2. The molecule has 0 unspecified atom stereocenters. The molecule has 108 valence electrons. The van der Waals surface area contributed by atoms with Crippen molar-refractivity contribution in [3.63, 3.8) is 0 Å². The zero-order valence-corrected chi connectivity index (χ0v) is 11.9. The first-order valence-electron chi connectivity index (χ1n) is 6.40. The molecule has 6 heteroatoms. The van der Waals surface area contributed by atoms with E-state index in [0.717, 1.165) is 5.56 Å². The smallest absolute Gasteiger partial charge is 0.235 e. The molecule has 2 amide bonds. The van der Waals surface area contributed by atoms with Crippen LogP contribution in [0.15, 0.2) is 18.2 Å². The van der Waals surface area contributed by atoms with E-state index < -0.39 is 11.2 Å². The molecule has 1 aromatic carbocycles. The van der Waals surface area contributed by atoms with Crippen LogP contribution in [0.3, 0.4) is 0 Å². The van der Waals surface area contributed by atoms with Crippen LogP contribution in [-0.4, -0.2) is 29.8 Å². The molecule has 2 aliphatic heterocycles. The Bertz CT molecular complexity index is 568. The predicted octanol–water partition coefficient (Wildman–Crippen LogP) is 2.08. The van der Waals surface area contributed by atoms with Gasteiger partial charge in [0.2, 0.25) is 11.8 Å². The summed E-state index contributed by atoms with van der Waals surface area (Å²) in [6.45, 7) is 2.61. The van der Waals surface area contributed by atoms with Crippen molar-refractivity contribution in [2.75, 3.05) is 18.4 Å². The lowest BCUT2D eigenvalue weighted by Crippen LogP contribution is -2.47. The summed E-state index contributed by atoms with van der Waals surface area (Å²) in [7, 11) is 0. The number of nitrogens with one attached hydrogen (secondary N) is 1. The number of anilines is 1. The average molecular weight is 299 g/mol. The highest BCUT2D eigenvalue weighted by Gasteiger charge is 2.49. The fourth-order valence-corrected chi connectivity index (χ4v) is 3.11. The van der Waals surface area contributed by atoms with Crippen LogP contribution in [0.4, 0.5) is 10.1 Å². The molecule has 2 heterocycles. The molecule has 1 saturated heterocycles. The number of likely N-dealkylation sites (tertiary alicyclic amines) is 1. The molecule has 0 saturated carbocycles. The molecule has 20 heavy (non-hydrogen) atoms. The summed E-state index contributed by atoms with van der Waals surface area (Å²) in [6.07, 6.45) is 1.10. The predicted molar refractivity (Wildman–Crippen MR) is 75.4 cm³/mol. The number of hydrogen-bond donors (Lipinski definition) is 1. The molecule has 4 nitrogen and oxygen atoms in total. The van der Waals surface area contributed by atoms with Crippen molar-refractivity contribution in [2.24, 2.45) is 0 Å². The lowest BCUT2D eigenvalue weighted by atomic mass is 9.73. The van der Waals surface area contributed by atoms with Gasteiger partial charge in [-0.05, 0) is 24.5 Å². The molecule has 1 N–H and O–H groups in total. The van der Waals surface area contributed by atoms with Gasteiger partial charge < -0.3 is 10.2 Å². The van der Waals surface area contributed by atoms with Gasteiger partial charge in [-0.3, -0.25) is 9.59 Å². The third kappa shape index (κ3) is 1.97. The summed E-state index contributed by atoms with van der Waals surface area (Å²) in [4.78, 5) is 25.3.